The SMILES string of the molecule is CCC(O)c1ccc(N2CCC3C(CCCN3C)C2)cc1. The molecule has 0 radical (unpaired) electrons. The van der Waals surface area contributed by atoms with Gasteiger partial charge in [0.15, 0.2) is 0 Å². The Balaban J connectivity index is 1.68. The van der Waals surface area contributed by atoms with Crippen molar-refractivity contribution in [2.45, 2.75) is 44.8 Å². The minimum Gasteiger partial charge on any atom is -0.388 e. The van der Waals surface area contributed by atoms with E-state index >= 15 is 0 Å². The highest BCUT2D eigenvalue weighted by molar-refractivity contribution is 5.48. The van der Waals surface area contributed by atoms with Crippen molar-refractivity contribution in [2.24, 2.45) is 5.92 Å². The molecule has 3 nitrogen and oxygen atoms in total. The Kier molecular flexibility index (Phi) is 4.51. The number of piperidine rings is 2. The maximum Gasteiger partial charge on any atom is 0.0787 e. The van der Waals surface area contributed by atoms with Gasteiger partial charge < -0.3 is 14.9 Å². The van der Waals surface area contributed by atoms with Crippen LogP contribution in [-0.4, -0.2) is 42.7 Å². The molecule has 2 saturated heterocycles. The smallest absolute Gasteiger partial charge is 0.0787 e. The summed E-state index contributed by atoms with van der Waals surface area (Å²) in [4.78, 5) is 5.09. The van der Waals surface area contributed by atoms with E-state index in [0.717, 1.165) is 30.5 Å². The standard InChI is InChI=1S/C18H28N2O/c1-3-18(21)14-6-8-16(9-7-14)20-12-10-17-15(13-20)5-4-11-19(17)2/h6-9,15,17-18,21H,3-5,10-13H2,1-2H3. The molecule has 2 fully saturated rings. The second kappa shape index (κ2) is 6.37. The van der Waals surface area contributed by atoms with Gasteiger partial charge in [0, 0.05) is 24.8 Å². The van der Waals surface area contributed by atoms with Crippen molar-refractivity contribution >= 4 is 5.69 Å². The van der Waals surface area contributed by atoms with E-state index in [4.69, 9.17) is 0 Å². The molecule has 3 rings (SSSR count). The molecule has 1 aromatic carbocycles. The number of rotatable bonds is 3. The van der Waals surface area contributed by atoms with Crippen LogP contribution in [-0.2, 0) is 0 Å². The van der Waals surface area contributed by atoms with E-state index in [0.29, 0.717) is 0 Å². The Hall–Kier alpha value is -1.06. The summed E-state index contributed by atoms with van der Waals surface area (Å²) >= 11 is 0. The molecule has 0 bridgehead atoms. The molecule has 0 aromatic heterocycles. The number of nitrogens with zero attached hydrogens (tertiary/aromatic N) is 2. The van der Waals surface area contributed by atoms with Crippen LogP contribution < -0.4 is 4.90 Å². The topological polar surface area (TPSA) is 26.7 Å². The third kappa shape index (κ3) is 3.09. The first-order valence-corrected chi connectivity index (χ1v) is 8.42. The molecule has 0 saturated carbocycles. The van der Waals surface area contributed by atoms with Crippen molar-refractivity contribution in [3.8, 4) is 0 Å². The largest absolute Gasteiger partial charge is 0.388 e. The number of anilines is 1. The quantitative estimate of drug-likeness (QED) is 0.926. The zero-order valence-corrected chi connectivity index (χ0v) is 13.3. The lowest BCUT2D eigenvalue weighted by molar-refractivity contribution is 0.102. The summed E-state index contributed by atoms with van der Waals surface area (Å²) in [5.74, 6) is 0.818. The third-order valence-electron chi connectivity index (χ3n) is 5.38. The van der Waals surface area contributed by atoms with E-state index in [1.54, 1.807) is 0 Å². The second-order valence-electron chi connectivity index (χ2n) is 6.70. The van der Waals surface area contributed by atoms with Gasteiger partial charge in [-0.05, 0) is 62.9 Å². The summed E-state index contributed by atoms with van der Waals surface area (Å²) in [5, 5.41) is 9.89. The van der Waals surface area contributed by atoms with Crippen LogP contribution in [0, 0.1) is 5.92 Å². The van der Waals surface area contributed by atoms with E-state index in [-0.39, 0.29) is 6.10 Å². The fourth-order valence-electron chi connectivity index (χ4n) is 4.03. The Morgan fingerprint density at radius 3 is 2.67 bits per heavy atom. The van der Waals surface area contributed by atoms with E-state index in [2.05, 4.69) is 41.1 Å². The highest BCUT2D eigenvalue weighted by Crippen LogP contribution is 2.32. The minimum absolute atomic E-state index is 0.322. The number of aliphatic hydroxyl groups is 1. The van der Waals surface area contributed by atoms with Gasteiger partial charge in [-0.25, -0.2) is 0 Å². The molecule has 3 unspecified atom stereocenters. The molecular weight excluding hydrogens is 260 g/mol. The predicted molar refractivity (Wildman–Crippen MR) is 87.7 cm³/mol. The van der Waals surface area contributed by atoms with Crippen molar-refractivity contribution in [3.05, 3.63) is 29.8 Å². The molecule has 116 valence electrons. The molecule has 1 aromatic rings. The summed E-state index contributed by atoms with van der Waals surface area (Å²) in [6.07, 6.45) is 4.45. The Bertz CT molecular complexity index is 459. The van der Waals surface area contributed by atoms with Gasteiger partial charge in [0.2, 0.25) is 0 Å². The Morgan fingerprint density at radius 2 is 1.95 bits per heavy atom. The van der Waals surface area contributed by atoms with E-state index in [9.17, 15) is 5.11 Å². The maximum atomic E-state index is 9.89. The molecule has 0 spiro atoms. The van der Waals surface area contributed by atoms with Gasteiger partial charge in [-0.3, -0.25) is 0 Å². The molecule has 3 heteroatoms. The average molecular weight is 288 g/mol. The van der Waals surface area contributed by atoms with Gasteiger partial charge in [0.25, 0.3) is 0 Å². The lowest BCUT2D eigenvalue weighted by atomic mass is 9.84. The van der Waals surface area contributed by atoms with E-state index in [1.807, 2.05) is 6.92 Å². The predicted octanol–water partition coefficient (Wildman–Crippen LogP) is 3.05. The third-order valence-corrected chi connectivity index (χ3v) is 5.38. The summed E-state index contributed by atoms with van der Waals surface area (Å²) in [7, 11) is 2.29. The lowest BCUT2D eigenvalue weighted by Gasteiger charge is -2.46. The summed E-state index contributed by atoms with van der Waals surface area (Å²) in [6, 6.07) is 9.32. The van der Waals surface area contributed by atoms with Crippen molar-refractivity contribution in [1.29, 1.82) is 0 Å². The van der Waals surface area contributed by atoms with Crippen LogP contribution in [0.2, 0.25) is 0 Å². The number of hydrogen-bond acceptors (Lipinski definition) is 3. The van der Waals surface area contributed by atoms with Gasteiger partial charge in [-0.15, -0.1) is 0 Å². The second-order valence-corrected chi connectivity index (χ2v) is 6.70. The van der Waals surface area contributed by atoms with Crippen molar-refractivity contribution in [2.75, 3.05) is 31.6 Å². The van der Waals surface area contributed by atoms with Gasteiger partial charge in [-0.2, -0.15) is 0 Å². The molecule has 2 aliphatic rings. The average Bonchev–Trinajstić information content (AvgIpc) is 2.54. The molecular formula is C18H28N2O. The van der Waals surface area contributed by atoms with Crippen LogP contribution in [0.3, 0.4) is 0 Å². The van der Waals surface area contributed by atoms with E-state index < -0.39 is 0 Å². The maximum absolute atomic E-state index is 9.89. The zero-order chi connectivity index (χ0) is 14.8. The summed E-state index contributed by atoms with van der Waals surface area (Å²) < 4.78 is 0. The Labute approximate surface area is 128 Å². The van der Waals surface area contributed by atoms with Crippen molar-refractivity contribution < 1.29 is 5.11 Å². The van der Waals surface area contributed by atoms with Crippen LogP contribution in [0.5, 0.6) is 0 Å². The first-order valence-electron chi connectivity index (χ1n) is 8.42. The van der Waals surface area contributed by atoms with Crippen LogP contribution in [0.1, 0.15) is 44.3 Å². The first kappa shape index (κ1) is 14.9. The lowest BCUT2D eigenvalue weighted by Crippen LogP contribution is -2.52. The Morgan fingerprint density at radius 1 is 1.19 bits per heavy atom. The van der Waals surface area contributed by atoms with Gasteiger partial charge in [0.1, 0.15) is 0 Å². The molecule has 1 N–H and O–H groups in total. The van der Waals surface area contributed by atoms with Crippen molar-refractivity contribution in [1.82, 2.24) is 4.90 Å². The zero-order valence-electron chi connectivity index (χ0n) is 13.3. The minimum atomic E-state index is -0.322. The molecule has 21 heavy (non-hydrogen) atoms. The molecule has 3 atom stereocenters. The van der Waals surface area contributed by atoms with Gasteiger partial charge in [-0.1, -0.05) is 19.1 Å². The summed E-state index contributed by atoms with van der Waals surface area (Å²) in [6.45, 7) is 5.62. The molecule has 0 aliphatic carbocycles. The number of aliphatic hydroxyl groups excluding tert-OH is 1. The number of likely N-dealkylation sites (tertiary alicyclic amines) is 1. The van der Waals surface area contributed by atoms with Crippen LogP contribution in [0.25, 0.3) is 0 Å². The fraction of sp³-hybridized carbons (Fsp3) is 0.667. The molecule has 0 amide bonds. The van der Waals surface area contributed by atoms with Gasteiger partial charge >= 0.3 is 0 Å². The number of benzene rings is 1. The highest BCUT2D eigenvalue weighted by Gasteiger charge is 2.34. The summed E-state index contributed by atoms with van der Waals surface area (Å²) in [5.41, 5.74) is 2.35. The van der Waals surface area contributed by atoms with Crippen LogP contribution >= 0.6 is 0 Å². The van der Waals surface area contributed by atoms with Crippen LogP contribution in [0.15, 0.2) is 24.3 Å². The fourth-order valence-corrected chi connectivity index (χ4v) is 4.03. The van der Waals surface area contributed by atoms with Crippen LogP contribution in [0.4, 0.5) is 5.69 Å². The normalized spacial score (nSPS) is 28.2. The molecule has 2 aliphatic heterocycles. The highest BCUT2D eigenvalue weighted by atomic mass is 16.3. The van der Waals surface area contributed by atoms with Gasteiger partial charge in [0.05, 0.1) is 6.10 Å². The number of fused-ring (bicyclic) bond motifs is 1. The van der Waals surface area contributed by atoms with Crippen molar-refractivity contribution in [3.63, 3.8) is 0 Å². The number of hydrogen-bond donors (Lipinski definition) is 1. The van der Waals surface area contributed by atoms with E-state index in [1.165, 1.54) is 38.0 Å². The monoisotopic (exact) mass is 288 g/mol. The first-order chi connectivity index (χ1) is 10.2. The molecule has 2 heterocycles.